The van der Waals surface area contributed by atoms with E-state index in [4.69, 9.17) is 0 Å². The summed E-state index contributed by atoms with van der Waals surface area (Å²) in [7, 11) is 0. The second kappa shape index (κ2) is 8.60. The van der Waals surface area contributed by atoms with E-state index in [1.807, 2.05) is 25.1 Å². The van der Waals surface area contributed by atoms with Crippen LogP contribution in [0.5, 0.6) is 0 Å². The Bertz CT molecular complexity index is 1160. The summed E-state index contributed by atoms with van der Waals surface area (Å²) in [6.07, 6.45) is 3.26. The maximum absolute atomic E-state index is 14.9. The lowest BCUT2D eigenvalue weighted by Gasteiger charge is -2.23. The monoisotopic (exact) mass is 446 g/mol. The van der Waals surface area contributed by atoms with Gasteiger partial charge < -0.3 is 15.5 Å². The topological polar surface area (TPSA) is 85.2 Å². The van der Waals surface area contributed by atoms with Crippen LogP contribution in [0.2, 0.25) is 0 Å². The molecule has 2 N–H and O–H groups in total. The molecule has 1 saturated heterocycles. The van der Waals surface area contributed by atoms with Crippen molar-refractivity contribution in [3.05, 3.63) is 58.9 Å². The number of nitrogens with zero attached hydrogens (tertiary/aromatic N) is 2. The van der Waals surface area contributed by atoms with Gasteiger partial charge in [-0.1, -0.05) is 18.2 Å². The number of carbonyl (C=O) groups is 2. The first kappa shape index (κ1) is 21.6. The standard InChI is InChI=1S/C26H27FN4O2/c1-2-31-14-19-9-15(6-8-22(19)26(31)33)16-3-4-17(23(27)12-16)10-21(13-28)30-25(32)24-18-5-7-20(11-18)29-24/h3-4,6,8-9,12,18,20-21,24,29H,2,5,7,10-11,14H2,1H3,(H,30,32)/t18-,20+,21?,24-/m0/s1. The first-order valence-electron chi connectivity index (χ1n) is 11.6. The lowest BCUT2D eigenvalue weighted by Crippen LogP contribution is -2.50. The number of halogens is 1. The summed E-state index contributed by atoms with van der Waals surface area (Å²) in [4.78, 5) is 26.7. The molecule has 7 heteroatoms. The molecule has 2 heterocycles. The van der Waals surface area contributed by atoms with E-state index in [1.165, 1.54) is 6.07 Å². The molecule has 33 heavy (non-hydrogen) atoms. The summed E-state index contributed by atoms with van der Waals surface area (Å²) in [5.41, 5.74) is 3.60. The summed E-state index contributed by atoms with van der Waals surface area (Å²) in [5.74, 6) is -0.213. The summed E-state index contributed by atoms with van der Waals surface area (Å²) < 4.78 is 14.9. The normalized spacial score (nSPS) is 24.0. The Hall–Kier alpha value is -3.24. The minimum atomic E-state index is -0.787. The molecule has 2 amide bonds. The molecule has 2 aromatic rings. The molecule has 0 spiro atoms. The predicted molar refractivity (Wildman–Crippen MR) is 122 cm³/mol. The van der Waals surface area contributed by atoms with Crippen LogP contribution < -0.4 is 10.6 Å². The van der Waals surface area contributed by atoms with Crippen LogP contribution in [0.25, 0.3) is 11.1 Å². The fraction of sp³-hybridized carbons (Fsp3) is 0.423. The average molecular weight is 447 g/mol. The van der Waals surface area contributed by atoms with Crippen molar-refractivity contribution in [3.63, 3.8) is 0 Å². The van der Waals surface area contributed by atoms with Gasteiger partial charge >= 0.3 is 0 Å². The van der Waals surface area contributed by atoms with Gasteiger partial charge in [0.1, 0.15) is 11.9 Å². The molecule has 1 aliphatic carbocycles. The molecular weight excluding hydrogens is 419 g/mol. The van der Waals surface area contributed by atoms with Gasteiger partial charge in [-0.05, 0) is 72.6 Å². The molecule has 3 aliphatic rings. The smallest absolute Gasteiger partial charge is 0.254 e. The van der Waals surface area contributed by atoms with Gasteiger partial charge in [-0.3, -0.25) is 9.59 Å². The van der Waals surface area contributed by atoms with E-state index in [0.29, 0.717) is 41.7 Å². The van der Waals surface area contributed by atoms with Crippen molar-refractivity contribution < 1.29 is 14.0 Å². The predicted octanol–water partition coefficient (Wildman–Crippen LogP) is 3.16. The molecule has 0 aromatic heterocycles. The number of hydrogen-bond donors (Lipinski definition) is 2. The van der Waals surface area contributed by atoms with E-state index in [1.54, 1.807) is 17.0 Å². The average Bonchev–Trinajstić information content (AvgIpc) is 3.54. The number of benzene rings is 2. The Morgan fingerprint density at radius 3 is 2.73 bits per heavy atom. The highest BCUT2D eigenvalue weighted by Gasteiger charge is 2.43. The van der Waals surface area contributed by atoms with Crippen LogP contribution in [-0.2, 0) is 17.8 Å². The van der Waals surface area contributed by atoms with Gasteiger partial charge in [0, 0.05) is 31.1 Å². The molecule has 5 rings (SSSR count). The van der Waals surface area contributed by atoms with Crippen molar-refractivity contribution in [2.75, 3.05) is 6.54 Å². The number of nitrogens with one attached hydrogen (secondary N) is 2. The highest BCUT2D eigenvalue weighted by Crippen LogP contribution is 2.35. The minimum Gasteiger partial charge on any atom is -0.339 e. The number of hydrogen-bond acceptors (Lipinski definition) is 4. The fourth-order valence-corrected chi connectivity index (χ4v) is 5.47. The van der Waals surface area contributed by atoms with Crippen molar-refractivity contribution in [1.82, 2.24) is 15.5 Å². The third kappa shape index (κ3) is 4.00. The van der Waals surface area contributed by atoms with Crippen LogP contribution in [0.15, 0.2) is 36.4 Å². The second-order valence-corrected chi connectivity index (χ2v) is 9.31. The second-order valence-electron chi connectivity index (χ2n) is 9.31. The number of amides is 2. The van der Waals surface area contributed by atoms with E-state index < -0.39 is 11.9 Å². The molecule has 2 fully saturated rings. The number of carbonyl (C=O) groups excluding carboxylic acids is 2. The summed E-state index contributed by atoms with van der Waals surface area (Å²) >= 11 is 0. The first-order valence-corrected chi connectivity index (χ1v) is 11.6. The molecular formula is C26H27FN4O2. The molecule has 170 valence electrons. The molecule has 2 aliphatic heterocycles. The van der Waals surface area contributed by atoms with Gasteiger partial charge in [0.2, 0.25) is 5.91 Å². The lowest BCUT2D eigenvalue weighted by molar-refractivity contribution is -0.124. The Morgan fingerprint density at radius 1 is 1.27 bits per heavy atom. The van der Waals surface area contributed by atoms with Crippen LogP contribution in [0, 0.1) is 23.1 Å². The molecule has 0 radical (unpaired) electrons. The van der Waals surface area contributed by atoms with E-state index in [-0.39, 0.29) is 24.3 Å². The van der Waals surface area contributed by atoms with Crippen molar-refractivity contribution in [2.45, 2.75) is 57.3 Å². The first-order chi connectivity index (χ1) is 16.0. The van der Waals surface area contributed by atoms with E-state index in [0.717, 1.165) is 30.4 Å². The molecule has 2 bridgehead atoms. The van der Waals surface area contributed by atoms with E-state index >= 15 is 0 Å². The summed E-state index contributed by atoms with van der Waals surface area (Å²) in [5, 5.41) is 15.7. The largest absolute Gasteiger partial charge is 0.339 e. The van der Waals surface area contributed by atoms with Crippen molar-refractivity contribution in [2.24, 2.45) is 5.92 Å². The Labute approximate surface area is 192 Å². The zero-order chi connectivity index (χ0) is 23.1. The zero-order valence-corrected chi connectivity index (χ0v) is 18.6. The lowest BCUT2D eigenvalue weighted by atomic mass is 9.97. The van der Waals surface area contributed by atoms with Crippen molar-refractivity contribution in [1.29, 1.82) is 5.26 Å². The van der Waals surface area contributed by atoms with E-state index in [9.17, 15) is 19.2 Å². The van der Waals surface area contributed by atoms with Crippen molar-refractivity contribution >= 4 is 11.8 Å². The third-order valence-electron chi connectivity index (χ3n) is 7.29. The van der Waals surface area contributed by atoms with Crippen LogP contribution in [0.3, 0.4) is 0 Å². The third-order valence-corrected chi connectivity index (χ3v) is 7.29. The van der Waals surface area contributed by atoms with Gasteiger partial charge in [-0.15, -0.1) is 0 Å². The van der Waals surface area contributed by atoms with Crippen LogP contribution in [0.1, 0.15) is 47.7 Å². The SMILES string of the molecule is CCN1Cc2cc(-c3ccc(CC(C#N)NC(=O)[C@H]4N[C@@H]5CC[C@H]4C5)c(F)c3)ccc2C1=O. The highest BCUT2D eigenvalue weighted by molar-refractivity contribution is 5.99. The Morgan fingerprint density at radius 2 is 2.06 bits per heavy atom. The highest BCUT2D eigenvalue weighted by atomic mass is 19.1. The minimum absolute atomic E-state index is 0.0332. The maximum atomic E-state index is 14.9. The zero-order valence-electron chi connectivity index (χ0n) is 18.6. The summed E-state index contributed by atoms with van der Waals surface area (Å²) in [6.45, 7) is 3.17. The molecule has 1 saturated carbocycles. The number of piperidine rings is 1. The Balaban J connectivity index is 1.28. The van der Waals surface area contributed by atoms with E-state index in [2.05, 4.69) is 16.7 Å². The van der Waals surface area contributed by atoms with Crippen molar-refractivity contribution in [3.8, 4) is 17.2 Å². The number of rotatable bonds is 6. The number of fused-ring (bicyclic) bond motifs is 3. The molecule has 2 aromatic carbocycles. The fourth-order valence-electron chi connectivity index (χ4n) is 5.47. The molecule has 4 atom stereocenters. The molecule has 6 nitrogen and oxygen atoms in total. The van der Waals surface area contributed by atoms with Crippen LogP contribution in [-0.4, -0.2) is 41.4 Å². The van der Waals surface area contributed by atoms with Crippen LogP contribution >= 0.6 is 0 Å². The quantitative estimate of drug-likeness (QED) is 0.714. The van der Waals surface area contributed by atoms with Gasteiger partial charge in [0.25, 0.3) is 5.91 Å². The number of nitriles is 1. The van der Waals surface area contributed by atoms with Gasteiger partial charge in [-0.2, -0.15) is 5.26 Å². The van der Waals surface area contributed by atoms with Gasteiger partial charge in [0.05, 0.1) is 12.1 Å². The summed E-state index contributed by atoms with van der Waals surface area (Å²) in [6, 6.07) is 12.0. The Kier molecular flexibility index (Phi) is 5.63. The molecule has 1 unspecified atom stereocenters. The van der Waals surface area contributed by atoms with Gasteiger partial charge in [0.15, 0.2) is 0 Å². The van der Waals surface area contributed by atoms with Gasteiger partial charge in [-0.25, -0.2) is 4.39 Å². The maximum Gasteiger partial charge on any atom is 0.254 e. The van der Waals surface area contributed by atoms with Crippen LogP contribution in [0.4, 0.5) is 4.39 Å².